The Labute approximate surface area is 162 Å². The molecule has 140 valence electrons. The Morgan fingerprint density at radius 3 is 2.69 bits per heavy atom. The normalized spacial score (nSPS) is 17.0. The molecule has 0 atom stereocenters. The average molecular weight is 370 g/mol. The summed E-state index contributed by atoms with van der Waals surface area (Å²) in [7, 11) is 1.97. The van der Waals surface area contributed by atoms with Gasteiger partial charge < -0.3 is 10.6 Å². The third-order valence-electron chi connectivity index (χ3n) is 5.44. The van der Waals surface area contributed by atoms with Crippen LogP contribution in [0.5, 0.6) is 0 Å². The fraction of sp³-hybridized carbons (Fsp3) is 0.455. The van der Waals surface area contributed by atoms with E-state index in [1.54, 1.807) is 0 Å². The van der Waals surface area contributed by atoms with Crippen molar-refractivity contribution in [2.24, 2.45) is 0 Å². The van der Waals surface area contributed by atoms with Crippen LogP contribution >= 0.6 is 11.3 Å². The lowest BCUT2D eigenvalue weighted by Gasteiger charge is -2.30. The van der Waals surface area contributed by atoms with E-state index in [0.717, 1.165) is 38.0 Å². The second-order valence-corrected chi connectivity index (χ2v) is 8.50. The lowest BCUT2D eigenvalue weighted by atomic mass is 9.96. The van der Waals surface area contributed by atoms with Gasteiger partial charge in [0.05, 0.1) is 0 Å². The van der Waals surface area contributed by atoms with Gasteiger partial charge in [-0.25, -0.2) is 0 Å². The third-order valence-corrected chi connectivity index (χ3v) is 6.57. The van der Waals surface area contributed by atoms with Crippen LogP contribution in [-0.4, -0.2) is 24.5 Å². The van der Waals surface area contributed by atoms with Crippen molar-refractivity contribution in [3.05, 3.63) is 58.3 Å². The number of nitrogens with one attached hydrogen (secondary N) is 2. The second kappa shape index (κ2) is 7.85. The van der Waals surface area contributed by atoms with Gasteiger partial charge in [-0.1, -0.05) is 26.2 Å². The first-order valence-electron chi connectivity index (χ1n) is 9.55. The first-order valence-corrected chi connectivity index (χ1v) is 10.4. The molecule has 0 fully saturated rings. The number of hydrogen-bond acceptors (Lipinski definition) is 4. The molecule has 1 aliphatic carbocycles. The van der Waals surface area contributed by atoms with E-state index in [2.05, 4.69) is 61.6 Å². The molecule has 0 aromatic carbocycles. The van der Waals surface area contributed by atoms with Crippen LogP contribution in [-0.2, 0) is 13.0 Å². The van der Waals surface area contributed by atoms with E-state index in [1.807, 2.05) is 18.4 Å². The van der Waals surface area contributed by atoms with Crippen LogP contribution in [0.25, 0.3) is 5.57 Å². The van der Waals surface area contributed by atoms with Gasteiger partial charge >= 0.3 is 0 Å². The monoisotopic (exact) mass is 369 g/mol. The quantitative estimate of drug-likeness (QED) is 0.683. The number of nitrogens with zero attached hydrogens (tertiary/aromatic N) is 1. The highest BCUT2D eigenvalue weighted by Gasteiger charge is 2.26. The summed E-state index contributed by atoms with van der Waals surface area (Å²) in [6.07, 6.45) is 7.29. The fourth-order valence-corrected chi connectivity index (χ4v) is 4.97. The van der Waals surface area contributed by atoms with Crippen molar-refractivity contribution >= 4 is 21.9 Å². The number of anilines is 1. The largest absolute Gasteiger partial charge is 0.391 e. The molecule has 1 aliphatic heterocycles. The standard InChI is InChI=1S/C22H31N3S/c1-7-15(4)21-19-10-11-25(14(2)3)13-20(19)26-22(21)24-16(5)17-8-9-18(12-17)23-6/h8-9,14,23-24H,4-5,7,10-13H2,1-3,6H3. The van der Waals surface area contributed by atoms with Gasteiger partial charge in [0.2, 0.25) is 0 Å². The van der Waals surface area contributed by atoms with E-state index in [0.29, 0.717) is 6.04 Å². The van der Waals surface area contributed by atoms with Gasteiger partial charge in [0.25, 0.3) is 0 Å². The summed E-state index contributed by atoms with van der Waals surface area (Å²) in [6.45, 7) is 17.6. The number of thiophene rings is 1. The molecule has 2 heterocycles. The predicted molar refractivity (Wildman–Crippen MR) is 115 cm³/mol. The van der Waals surface area contributed by atoms with Crippen LogP contribution < -0.4 is 10.6 Å². The molecule has 1 aromatic heterocycles. The van der Waals surface area contributed by atoms with Gasteiger partial charge in [-0.05, 0) is 49.5 Å². The van der Waals surface area contributed by atoms with Crippen molar-refractivity contribution in [3.63, 3.8) is 0 Å². The zero-order valence-corrected chi connectivity index (χ0v) is 17.4. The maximum absolute atomic E-state index is 4.36. The third kappa shape index (κ3) is 3.67. The Hall–Kier alpha value is -1.78. The number of hydrogen-bond donors (Lipinski definition) is 2. The number of rotatable bonds is 7. The van der Waals surface area contributed by atoms with Crippen molar-refractivity contribution in [1.82, 2.24) is 10.2 Å². The molecule has 0 unspecified atom stereocenters. The Balaban J connectivity index is 1.85. The van der Waals surface area contributed by atoms with Crippen molar-refractivity contribution in [3.8, 4) is 0 Å². The highest BCUT2D eigenvalue weighted by molar-refractivity contribution is 7.16. The van der Waals surface area contributed by atoms with Crippen LogP contribution in [0.4, 0.5) is 5.00 Å². The summed E-state index contributed by atoms with van der Waals surface area (Å²) in [5.41, 5.74) is 7.55. The molecule has 3 nitrogen and oxygen atoms in total. The van der Waals surface area contributed by atoms with Gasteiger partial charge in [-0.2, -0.15) is 0 Å². The first-order chi connectivity index (χ1) is 12.4. The second-order valence-electron chi connectivity index (χ2n) is 7.39. The Morgan fingerprint density at radius 2 is 2.08 bits per heavy atom. The van der Waals surface area contributed by atoms with Crippen molar-refractivity contribution in [2.75, 3.05) is 18.9 Å². The average Bonchev–Trinajstić information content (AvgIpc) is 3.24. The predicted octanol–water partition coefficient (Wildman–Crippen LogP) is 5.30. The Kier molecular flexibility index (Phi) is 5.73. The smallest absolute Gasteiger partial charge is 0.101 e. The molecular formula is C22H31N3S. The van der Waals surface area contributed by atoms with Crippen LogP contribution in [0.15, 0.2) is 42.3 Å². The minimum atomic E-state index is 0.587. The molecule has 1 aromatic rings. The summed E-state index contributed by atoms with van der Waals surface area (Å²) < 4.78 is 0. The van der Waals surface area contributed by atoms with E-state index in [4.69, 9.17) is 0 Å². The molecule has 0 spiro atoms. The maximum atomic E-state index is 4.36. The zero-order valence-electron chi connectivity index (χ0n) is 16.5. The van der Waals surface area contributed by atoms with Crippen molar-refractivity contribution < 1.29 is 0 Å². The number of allylic oxidation sites excluding steroid dienone is 5. The van der Waals surface area contributed by atoms with E-state index in [1.165, 1.54) is 37.8 Å². The SMILES string of the molecule is C=C(Nc1sc2c(c1C(=C)CC)CCN(C(C)C)C2)C1=CC=C(NC)C1. The molecule has 2 N–H and O–H groups in total. The lowest BCUT2D eigenvalue weighted by molar-refractivity contribution is 0.206. The molecule has 0 amide bonds. The molecule has 0 bridgehead atoms. The van der Waals surface area contributed by atoms with E-state index < -0.39 is 0 Å². The Bertz CT molecular complexity index is 780. The molecule has 26 heavy (non-hydrogen) atoms. The van der Waals surface area contributed by atoms with Gasteiger partial charge in [0.1, 0.15) is 5.00 Å². The molecule has 3 rings (SSSR count). The van der Waals surface area contributed by atoms with Crippen LogP contribution in [0, 0.1) is 0 Å². The molecular weight excluding hydrogens is 338 g/mol. The topological polar surface area (TPSA) is 27.3 Å². The van der Waals surface area contributed by atoms with Crippen molar-refractivity contribution in [1.29, 1.82) is 0 Å². The van der Waals surface area contributed by atoms with Crippen LogP contribution in [0.3, 0.4) is 0 Å². The highest BCUT2D eigenvalue weighted by Crippen LogP contribution is 2.42. The number of fused-ring (bicyclic) bond motifs is 1. The van der Waals surface area contributed by atoms with Gasteiger partial charge in [0.15, 0.2) is 0 Å². The van der Waals surface area contributed by atoms with E-state index >= 15 is 0 Å². The molecule has 2 aliphatic rings. The molecule has 0 saturated carbocycles. The molecule has 0 saturated heterocycles. The van der Waals surface area contributed by atoms with Crippen molar-refractivity contribution in [2.45, 2.75) is 52.6 Å². The van der Waals surface area contributed by atoms with Gasteiger partial charge in [0, 0.05) is 54.4 Å². The molecule has 0 radical (unpaired) electrons. The summed E-state index contributed by atoms with van der Waals surface area (Å²) in [5, 5.41) is 8.08. The fourth-order valence-electron chi connectivity index (χ4n) is 3.62. The molecule has 4 heteroatoms. The van der Waals surface area contributed by atoms with Crippen LogP contribution in [0.1, 0.15) is 49.6 Å². The summed E-state index contributed by atoms with van der Waals surface area (Å²) in [4.78, 5) is 4.04. The summed E-state index contributed by atoms with van der Waals surface area (Å²) in [5.74, 6) is 0. The minimum absolute atomic E-state index is 0.587. The lowest BCUT2D eigenvalue weighted by Crippen LogP contribution is -2.35. The van der Waals surface area contributed by atoms with E-state index in [9.17, 15) is 0 Å². The maximum Gasteiger partial charge on any atom is 0.101 e. The minimum Gasteiger partial charge on any atom is -0.391 e. The summed E-state index contributed by atoms with van der Waals surface area (Å²) >= 11 is 1.89. The zero-order chi connectivity index (χ0) is 18.8. The Morgan fingerprint density at radius 1 is 1.31 bits per heavy atom. The van der Waals surface area contributed by atoms with E-state index in [-0.39, 0.29) is 0 Å². The van der Waals surface area contributed by atoms with Gasteiger partial charge in [-0.15, -0.1) is 11.3 Å². The summed E-state index contributed by atoms with van der Waals surface area (Å²) in [6, 6.07) is 0.587. The van der Waals surface area contributed by atoms with Crippen LogP contribution in [0.2, 0.25) is 0 Å². The highest BCUT2D eigenvalue weighted by atomic mass is 32.1. The van der Waals surface area contributed by atoms with Gasteiger partial charge in [-0.3, -0.25) is 4.90 Å². The first kappa shape index (κ1) is 19.0.